The summed E-state index contributed by atoms with van der Waals surface area (Å²) in [6, 6.07) is 0. The summed E-state index contributed by atoms with van der Waals surface area (Å²) in [5.41, 5.74) is 0.959. The SMILES string of the molecule is CCOC(=O)c1nc(C2CCOC2)cs1. The number of aromatic nitrogens is 1. The lowest BCUT2D eigenvalue weighted by Crippen LogP contribution is -2.05. The van der Waals surface area contributed by atoms with Crippen molar-refractivity contribution in [2.45, 2.75) is 19.3 Å². The molecule has 1 aromatic rings. The van der Waals surface area contributed by atoms with E-state index >= 15 is 0 Å². The molecule has 1 saturated heterocycles. The van der Waals surface area contributed by atoms with Crippen molar-refractivity contribution in [3.05, 3.63) is 16.1 Å². The molecule has 2 rings (SSSR count). The predicted octanol–water partition coefficient (Wildman–Crippen LogP) is 1.82. The first-order valence-electron chi connectivity index (χ1n) is 5.01. The highest BCUT2D eigenvalue weighted by molar-refractivity contribution is 7.11. The van der Waals surface area contributed by atoms with Crippen molar-refractivity contribution in [1.82, 2.24) is 4.98 Å². The number of thiazole rings is 1. The van der Waals surface area contributed by atoms with Crippen LogP contribution in [0.1, 0.15) is 34.8 Å². The van der Waals surface area contributed by atoms with Gasteiger partial charge in [-0.3, -0.25) is 0 Å². The van der Waals surface area contributed by atoms with Crippen LogP contribution in [-0.4, -0.2) is 30.8 Å². The number of rotatable bonds is 3. The molecule has 15 heavy (non-hydrogen) atoms. The average molecular weight is 227 g/mol. The standard InChI is InChI=1S/C10H13NO3S/c1-2-14-10(12)9-11-8(6-15-9)7-3-4-13-5-7/h6-7H,2-5H2,1H3. The highest BCUT2D eigenvalue weighted by Gasteiger charge is 2.22. The van der Waals surface area contributed by atoms with Crippen LogP contribution in [0.3, 0.4) is 0 Å². The molecule has 1 unspecified atom stereocenters. The van der Waals surface area contributed by atoms with Gasteiger partial charge in [-0.05, 0) is 13.3 Å². The molecule has 2 heterocycles. The molecule has 0 amide bonds. The maximum atomic E-state index is 11.4. The molecule has 1 fully saturated rings. The lowest BCUT2D eigenvalue weighted by Gasteiger charge is -2.01. The summed E-state index contributed by atoms with van der Waals surface area (Å²) in [5, 5.41) is 2.37. The minimum absolute atomic E-state index is 0.326. The van der Waals surface area contributed by atoms with Gasteiger partial charge in [0, 0.05) is 17.9 Å². The van der Waals surface area contributed by atoms with Gasteiger partial charge in [-0.15, -0.1) is 11.3 Å². The summed E-state index contributed by atoms with van der Waals surface area (Å²) in [5.74, 6) is 0.0251. The Hall–Kier alpha value is -0.940. The topological polar surface area (TPSA) is 48.4 Å². The number of hydrogen-bond acceptors (Lipinski definition) is 5. The molecule has 82 valence electrons. The largest absolute Gasteiger partial charge is 0.461 e. The minimum atomic E-state index is -0.326. The maximum absolute atomic E-state index is 11.4. The molecular formula is C10H13NO3S. The second-order valence-electron chi connectivity index (χ2n) is 3.36. The number of nitrogens with zero attached hydrogens (tertiary/aromatic N) is 1. The van der Waals surface area contributed by atoms with E-state index in [-0.39, 0.29) is 5.97 Å². The lowest BCUT2D eigenvalue weighted by molar-refractivity contribution is 0.0525. The fourth-order valence-corrected chi connectivity index (χ4v) is 2.32. The van der Waals surface area contributed by atoms with Gasteiger partial charge in [0.2, 0.25) is 5.01 Å². The molecule has 0 saturated carbocycles. The van der Waals surface area contributed by atoms with Crippen LogP contribution in [0, 0.1) is 0 Å². The van der Waals surface area contributed by atoms with E-state index in [0.29, 0.717) is 24.1 Å². The van der Waals surface area contributed by atoms with Crippen LogP contribution in [0.4, 0.5) is 0 Å². The first kappa shape index (κ1) is 10.6. The maximum Gasteiger partial charge on any atom is 0.367 e. The minimum Gasteiger partial charge on any atom is -0.461 e. The first-order chi connectivity index (χ1) is 7.31. The number of ether oxygens (including phenoxy) is 2. The average Bonchev–Trinajstić information content (AvgIpc) is 2.89. The second-order valence-corrected chi connectivity index (χ2v) is 4.22. The van der Waals surface area contributed by atoms with E-state index in [2.05, 4.69) is 4.98 Å². The van der Waals surface area contributed by atoms with Gasteiger partial charge in [-0.1, -0.05) is 0 Å². The van der Waals surface area contributed by atoms with Gasteiger partial charge < -0.3 is 9.47 Å². The first-order valence-corrected chi connectivity index (χ1v) is 5.89. The van der Waals surface area contributed by atoms with E-state index in [4.69, 9.17) is 9.47 Å². The van der Waals surface area contributed by atoms with Crippen molar-refractivity contribution in [3.8, 4) is 0 Å². The number of carbonyl (C=O) groups excluding carboxylic acids is 1. The van der Waals surface area contributed by atoms with Gasteiger partial charge >= 0.3 is 5.97 Å². The third-order valence-electron chi connectivity index (χ3n) is 2.32. The van der Waals surface area contributed by atoms with E-state index in [1.54, 1.807) is 6.92 Å². The zero-order valence-corrected chi connectivity index (χ0v) is 9.38. The van der Waals surface area contributed by atoms with Crippen LogP contribution in [0.2, 0.25) is 0 Å². The highest BCUT2D eigenvalue weighted by atomic mass is 32.1. The van der Waals surface area contributed by atoms with E-state index < -0.39 is 0 Å². The Kier molecular flexibility index (Phi) is 3.33. The van der Waals surface area contributed by atoms with E-state index in [0.717, 1.165) is 18.7 Å². The van der Waals surface area contributed by atoms with Gasteiger partial charge in [0.05, 0.1) is 18.9 Å². The normalized spacial score (nSPS) is 20.5. The molecule has 0 spiro atoms. The Morgan fingerprint density at radius 2 is 2.67 bits per heavy atom. The van der Waals surface area contributed by atoms with Crippen LogP contribution in [0.25, 0.3) is 0 Å². The molecule has 0 aliphatic carbocycles. The summed E-state index contributed by atoms with van der Waals surface area (Å²) in [6.45, 7) is 3.68. The van der Waals surface area contributed by atoms with Crippen molar-refractivity contribution >= 4 is 17.3 Å². The van der Waals surface area contributed by atoms with Gasteiger partial charge in [-0.2, -0.15) is 0 Å². The molecule has 0 radical (unpaired) electrons. The van der Waals surface area contributed by atoms with Crippen molar-refractivity contribution < 1.29 is 14.3 Å². The molecule has 0 aromatic carbocycles. The molecular weight excluding hydrogens is 214 g/mol. The third-order valence-corrected chi connectivity index (χ3v) is 3.16. The van der Waals surface area contributed by atoms with E-state index in [1.807, 2.05) is 5.38 Å². The number of hydrogen-bond donors (Lipinski definition) is 0. The fraction of sp³-hybridized carbons (Fsp3) is 0.600. The Labute approximate surface area is 92.2 Å². The predicted molar refractivity (Wildman–Crippen MR) is 56.2 cm³/mol. The third kappa shape index (κ3) is 2.35. The van der Waals surface area contributed by atoms with Gasteiger partial charge in [0.15, 0.2) is 0 Å². The van der Waals surface area contributed by atoms with Crippen molar-refractivity contribution in [2.24, 2.45) is 0 Å². The van der Waals surface area contributed by atoms with Crippen molar-refractivity contribution in [3.63, 3.8) is 0 Å². The second kappa shape index (κ2) is 4.72. The summed E-state index contributed by atoms with van der Waals surface area (Å²) >= 11 is 1.34. The van der Waals surface area contributed by atoms with Crippen LogP contribution >= 0.6 is 11.3 Å². The Balaban J connectivity index is 2.06. The van der Waals surface area contributed by atoms with Crippen LogP contribution < -0.4 is 0 Å². The van der Waals surface area contributed by atoms with Crippen molar-refractivity contribution in [2.75, 3.05) is 19.8 Å². The number of carbonyl (C=O) groups is 1. The Bertz CT molecular complexity index is 344. The van der Waals surface area contributed by atoms with Crippen LogP contribution in [0.5, 0.6) is 0 Å². The molecule has 1 atom stereocenters. The fourth-order valence-electron chi connectivity index (χ4n) is 1.53. The summed E-state index contributed by atoms with van der Waals surface area (Å²) in [6.07, 6.45) is 0.992. The smallest absolute Gasteiger partial charge is 0.367 e. The summed E-state index contributed by atoms with van der Waals surface area (Å²) < 4.78 is 10.2. The zero-order valence-electron chi connectivity index (χ0n) is 8.56. The molecule has 0 N–H and O–H groups in total. The van der Waals surface area contributed by atoms with Gasteiger partial charge in [-0.25, -0.2) is 9.78 Å². The van der Waals surface area contributed by atoms with Crippen molar-refractivity contribution in [1.29, 1.82) is 0 Å². The summed E-state index contributed by atoms with van der Waals surface area (Å²) in [4.78, 5) is 15.6. The van der Waals surface area contributed by atoms with Gasteiger partial charge in [0.1, 0.15) is 0 Å². The molecule has 1 aromatic heterocycles. The summed E-state index contributed by atoms with van der Waals surface area (Å²) in [7, 11) is 0. The molecule has 1 aliphatic rings. The molecule has 1 aliphatic heterocycles. The lowest BCUT2D eigenvalue weighted by atomic mass is 10.1. The molecule has 5 heteroatoms. The molecule has 0 bridgehead atoms. The Morgan fingerprint density at radius 1 is 1.80 bits per heavy atom. The highest BCUT2D eigenvalue weighted by Crippen LogP contribution is 2.26. The van der Waals surface area contributed by atoms with E-state index in [9.17, 15) is 4.79 Å². The quantitative estimate of drug-likeness (QED) is 0.739. The zero-order chi connectivity index (χ0) is 10.7. The van der Waals surface area contributed by atoms with Crippen LogP contribution in [-0.2, 0) is 9.47 Å². The Morgan fingerprint density at radius 3 is 3.33 bits per heavy atom. The van der Waals surface area contributed by atoms with Gasteiger partial charge in [0.25, 0.3) is 0 Å². The monoisotopic (exact) mass is 227 g/mol. The van der Waals surface area contributed by atoms with Crippen LogP contribution in [0.15, 0.2) is 5.38 Å². The number of esters is 1. The molecule has 4 nitrogen and oxygen atoms in total. The van der Waals surface area contributed by atoms with E-state index in [1.165, 1.54) is 11.3 Å².